The summed E-state index contributed by atoms with van der Waals surface area (Å²) in [6.45, 7) is 0. The molecule has 0 atom stereocenters. The molecule has 54 heavy (non-hydrogen) atoms. The lowest BCUT2D eigenvalue weighted by molar-refractivity contribution is 0.617. The highest BCUT2D eigenvalue weighted by Gasteiger charge is 2.15. The summed E-state index contributed by atoms with van der Waals surface area (Å²) in [5.74, 6) is 0. The van der Waals surface area contributed by atoms with Crippen molar-refractivity contribution in [2.24, 2.45) is 0 Å². The van der Waals surface area contributed by atoms with E-state index in [9.17, 15) is 0 Å². The third-order valence-corrected chi connectivity index (χ3v) is 10.6. The van der Waals surface area contributed by atoms with Crippen molar-refractivity contribution in [3.05, 3.63) is 213 Å². The van der Waals surface area contributed by atoms with Crippen LogP contribution in [0.1, 0.15) is 0 Å². The van der Waals surface area contributed by atoms with Crippen molar-refractivity contribution in [2.75, 3.05) is 4.90 Å². The SMILES string of the molecule is c1ccc2cc(-c3ccc(N(c4ccc(-c5ccc(-c6coc7ccccc67)cc5)cc4)c4ccc(-c5ccc6ccccc6c5)cc4)cc3)ccc2c1. The van der Waals surface area contributed by atoms with Crippen LogP contribution in [0.5, 0.6) is 0 Å². The second-order valence-electron chi connectivity index (χ2n) is 13.8. The molecule has 0 unspecified atom stereocenters. The Morgan fingerprint density at radius 1 is 0.296 bits per heavy atom. The van der Waals surface area contributed by atoms with Gasteiger partial charge < -0.3 is 9.32 Å². The molecule has 0 amide bonds. The Hall–Kier alpha value is -7.16. The van der Waals surface area contributed by atoms with Crippen LogP contribution in [0.15, 0.2) is 217 Å². The maximum atomic E-state index is 5.81. The first-order valence-electron chi connectivity index (χ1n) is 18.4. The molecule has 1 aromatic heterocycles. The van der Waals surface area contributed by atoms with E-state index in [0.29, 0.717) is 0 Å². The van der Waals surface area contributed by atoms with E-state index in [4.69, 9.17) is 4.42 Å². The first-order chi connectivity index (χ1) is 26.7. The highest BCUT2D eigenvalue weighted by atomic mass is 16.3. The minimum absolute atomic E-state index is 0.906. The third kappa shape index (κ3) is 5.90. The standard InChI is InChI=1S/C52H35NO/c1-3-9-43-33-45(19-15-36(43)7-1)40-23-29-48(30-24-40)53(49-31-25-41(26-32-49)46-20-16-37-8-2-4-10-44(37)34-46)47-27-21-39(22-28-47)38-13-17-42(18-14-38)51-35-54-52-12-6-5-11-50(51)52/h1-35H. The first-order valence-corrected chi connectivity index (χ1v) is 18.4. The molecule has 10 rings (SSSR count). The van der Waals surface area contributed by atoms with Gasteiger partial charge in [0.15, 0.2) is 0 Å². The van der Waals surface area contributed by atoms with Gasteiger partial charge in [-0.2, -0.15) is 0 Å². The van der Waals surface area contributed by atoms with Crippen LogP contribution in [-0.4, -0.2) is 0 Å². The topological polar surface area (TPSA) is 16.4 Å². The number of anilines is 3. The van der Waals surface area contributed by atoms with Crippen LogP contribution in [0.2, 0.25) is 0 Å². The predicted octanol–water partition coefficient (Wildman–Crippen LogP) is 14.9. The molecule has 10 aromatic rings. The Morgan fingerprint density at radius 2 is 0.667 bits per heavy atom. The zero-order chi connectivity index (χ0) is 35.8. The Labute approximate surface area is 314 Å². The van der Waals surface area contributed by atoms with Crippen molar-refractivity contribution in [2.45, 2.75) is 0 Å². The van der Waals surface area contributed by atoms with Crippen LogP contribution >= 0.6 is 0 Å². The molecule has 0 aliphatic heterocycles. The number of rotatable bonds is 7. The molecule has 2 nitrogen and oxygen atoms in total. The Morgan fingerprint density at radius 3 is 1.17 bits per heavy atom. The first kappa shape index (κ1) is 31.6. The maximum absolute atomic E-state index is 5.81. The van der Waals surface area contributed by atoms with Gasteiger partial charge >= 0.3 is 0 Å². The van der Waals surface area contributed by atoms with E-state index >= 15 is 0 Å². The lowest BCUT2D eigenvalue weighted by Gasteiger charge is -2.26. The molecular formula is C52H35NO. The second kappa shape index (κ2) is 13.4. The van der Waals surface area contributed by atoms with Gasteiger partial charge in [-0.1, -0.05) is 152 Å². The Bertz CT molecular complexity index is 2780. The normalized spacial score (nSPS) is 11.3. The van der Waals surface area contributed by atoms with Crippen LogP contribution in [0, 0.1) is 0 Å². The zero-order valence-corrected chi connectivity index (χ0v) is 29.6. The summed E-state index contributed by atoms with van der Waals surface area (Å²) >= 11 is 0. The largest absolute Gasteiger partial charge is 0.464 e. The molecule has 0 fully saturated rings. The molecule has 254 valence electrons. The van der Waals surface area contributed by atoms with Crippen LogP contribution in [-0.2, 0) is 0 Å². The Balaban J connectivity index is 0.985. The molecule has 2 heteroatoms. The number of fused-ring (bicyclic) bond motifs is 3. The fraction of sp³-hybridized carbons (Fsp3) is 0. The minimum atomic E-state index is 0.906. The molecule has 0 saturated carbocycles. The molecular weight excluding hydrogens is 655 g/mol. The van der Waals surface area contributed by atoms with Crippen LogP contribution in [0.3, 0.4) is 0 Å². The number of hydrogen-bond donors (Lipinski definition) is 0. The molecule has 0 aliphatic carbocycles. The summed E-state index contributed by atoms with van der Waals surface area (Å²) in [4.78, 5) is 2.34. The van der Waals surface area contributed by atoms with Crippen LogP contribution in [0.4, 0.5) is 17.1 Å². The number of nitrogens with zero attached hydrogens (tertiary/aromatic N) is 1. The minimum Gasteiger partial charge on any atom is -0.464 e. The van der Waals surface area contributed by atoms with Gasteiger partial charge in [0, 0.05) is 28.0 Å². The predicted molar refractivity (Wildman–Crippen MR) is 228 cm³/mol. The molecule has 0 aliphatic rings. The zero-order valence-electron chi connectivity index (χ0n) is 29.6. The van der Waals surface area contributed by atoms with Crippen molar-refractivity contribution in [3.8, 4) is 44.5 Å². The van der Waals surface area contributed by atoms with E-state index in [-0.39, 0.29) is 0 Å². The summed E-state index contributed by atoms with van der Waals surface area (Å²) in [6.07, 6.45) is 1.85. The summed E-state index contributed by atoms with van der Waals surface area (Å²) in [7, 11) is 0. The highest BCUT2D eigenvalue weighted by Crippen LogP contribution is 2.39. The third-order valence-electron chi connectivity index (χ3n) is 10.6. The number of hydrogen-bond acceptors (Lipinski definition) is 2. The maximum Gasteiger partial charge on any atom is 0.134 e. The smallest absolute Gasteiger partial charge is 0.134 e. The van der Waals surface area contributed by atoms with E-state index in [1.165, 1.54) is 54.9 Å². The van der Waals surface area contributed by atoms with E-state index < -0.39 is 0 Å². The average Bonchev–Trinajstić information content (AvgIpc) is 3.69. The van der Waals surface area contributed by atoms with Crippen molar-refractivity contribution < 1.29 is 4.42 Å². The fourth-order valence-electron chi connectivity index (χ4n) is 7.64. The summed E-state index contributed by atoms with van der Waals surface area (Å²) in [5.41, 5.74) is 13.6. The van der Waals surface area contributed by atoms with Gasteiger partial charge in [-0.05, 0) is 115 Å². The fourth-order valence-corrected chi connectivity index (χ4v) is 7.64. The van der Waals surface area contributed by atoms with Gasteiger partial charge in [0.05, 0.1) is 6.26 Å². The van der Waals surface area contributed by atoms with Crippen molar-refractivity contribution >= 4 is 49.6 Å². The lowest BCUT2D eigenvalue weighted by atomic mass is 9.99. The number of para-hydroxylation sites is 1. The van der Waals surface area contributed by atoms with Crippen LogP contribution in [0.25, 0.3) is 77.0 Å². The molecule has 9 aromatic carbocycles. The Kier molecular flexibility index (Phi) is 7.85. The van der Waals surface area contributed by atoms with Gasteiger partial charge in [0.25, 0.3) is 0 Å². The molecule has 0 spiro atoms. The van der Waals surface area contributed by atoms with Crippen molar-refractivity contribution in [1.29, 1.82) is 0 Å². The molecule has 0 N–H and O–H groups in total. The van der Waals surface area contributed by atoms with Gasteiger partial charge in [-0.25, -0.2) is 0 Å². The van der Waals surface area contributed by atoms with Crippen LogP contribution < -0.4 is 4.90 Å². The van der Waals surface area contributed by atoms with E-state index in [1.54, 1.807) is 0 Å². The molecule has 0 bridgehead atoms. The van der Waals surface area contributed by atoms with Gasteiger partial charge in [0.2, 0.25) is 0 Å². The van der Waals surface area contributed by atoms with E-state index in [1.807, 2.05) is 18.4 Å². The molecule has 1 heterocycles. The monoisotopic (exact) mass is 689 g/mol. The van der Waals surface area contributed by atoms with E-state index in [2.05, 4.69) is 199 Å². The average molecular weight is 690 g/mol. The summed E-state index contributed by atoms with van der Waals surface area (Å²) in [5, 5.41) is 6.13. The van der Waals surface area contributed by atoms with E-state index in [0.717, 1.165) is 39.2 Å². The highest BCUT2D eigenvalue weighted by molar-refractivity contribution is 5.94. The second-order valence-corrected chi connectivity index (χ2v) is 13.8. The quantitative estimate of drug-likeness (QED) is 0.166. The number of benzene rings is 9. The molecule has 0 saturated heterocycles. The lowest BCUT2D eigenvalue weighted by Crippen LogP contribution is -2.09. The van der Waals surface area contributed by atoms with Crippen molar-refractivity contribution in [3.63, 3.8) is 0 Å². The summed E-state index contributed by atoms with van der Waals surface area (Å²) < 4.78 is 5.81. The van der Waals surface area contributed by atoms with Gasteiger partial charge in [0.1, 0.15) is 5.58 Å². The summed E-state index contributed by atoms with van der Waals surface area (Å²) in [6, 6.07) is 74.1. The number of furan rings is 1. The molecule has 0 radical (unpaired) electrons. The van der Waals surface area contributed by atoms with Crippen molar-refractivity contribution in [1.82, 2.24) is 0 Å². The van der Waals surface area contributed by atoms with Gasteiger partial charge in [-0.15, -0.1) is 0 Å². The van der Waals surface area contributed by atoms with Gasteiger partial charge in [-0.3, -0.25) is 0 Å².